The highest BCUT2D eigenvalue weighted by Crippen LogP contribution is 2.17. The lowest BCUT2D eigenvalue weighted by molar-refractivity contribution is -0.123. The molecule has 0 aromatic carbocycles. The number of aliphatic hydroxyl groups excluding tert-OH is 1. The summed E-state index contributed by atoms with van der Waals surface area (Å²) in [6.07, 6.45) is 1.18. The van der Waals surface area contributed by atoms with Gasteiger partial charge in [0, 0.05) is 6.54 Å². The van der Waals surface area contributed by atoms with Crippen LogP contribution in [0.4, 0.5) is 0 Å². The highest BCUT2D eigenvalue weighted by atomic mass is 16.5. The van der Waals surface area contributed by atoms with Crippen LogP contribution in [0.2, 0.25) is 0 Å². The van der Waals surface area contributed by atoms with Crippen LogP contribution in [0.1, 0.15) is 33.6 Å². The van der Waals surface area contributed by atoms with Crippen LogP contribution in [-0.2, 0) is 9.53 Å². The first-order valence-corrected chi connectivity index (χ1v) is 6.15. The molecule has 2 atom stereocenters. The van der Waals surface area contributed by atoms with Gasteiger partial charge in [-0.05, 0) is 40.2 Å². The fourth-order valence-electron chi connectivity index (χ4n) is 2.04. The normalized spacial score (nSPS) is 23.9. The Hall–Kier alpha value is -0.650. The van der Waals surface area contributed by atoms with E-state index in [1.54, 1.807) is 0 Å². The van der Waals surface area contributed by atoms with Crippen molar-refractivity contribution in [3.63, 3.8) is 0 Å². The minimum atomic E-state index is -0.575. The van der Waals surface area contributed by atoms with Crippen molar-refractivity contribution in [1.29, 1.82) is 0 Å². The van der Waals surface area contributed by atoms with Gasteiger partial charge in [0.25, 0.3) is 0 Å². The average molecular weight is 244 g/mol. The van der Waals surface area contributed by atoms with E-state index in [0.717, 1.165) is 19.4 Å². The number of ether oxygens (including phenoxy) is 1. The topological polar surface area (TPSA) is 75.8 Å². The first kappa shape index (κ1) is 14.4. The van der Waals surface area contributed by atoms with Gasteiger partial charge in [-0.3, -0.25) is 9.69 Å². The van der Waals surface area contributed by atoms with E-state index in [1.165, 1.54) is 0 Å². The summed E-state index contributed by atoms with van der Waals surface area (Å²) < 4.78 is 5.50. The van der Waals surface area contributed by atoms with E-state index in [-0.39, 0.29) is 24.2 Å². The van der Waals surface area contributed by atoms with E-state index in [2.05, 4.69) is 0 Å². The van der Waals surface area contributed by atoms with Crippen LogP contribution < -0.4 is 5.73 Å². The van der Waals surface area contributed by atoms with Gasteiger partial charge in [-0.15, -0.1) is 0 Å². The van der Waals surface area contributed by atoms with Crippen LogP contribution in [-0.4, -0.2) is 53.4 Å². The largest absolute Gasteiger partial charge is 0.389 e. The highest BCUT2D eigenvalue weighted by molar-refractivity contribution is 5.80. The van der Waals surface area contributed by atoms with Crippen molar-refractivity contribution in [2.75, 3.05) is 19.7 Å². The van der Waals surface area contributed by atoms with E-state index in [4.69, 9.17) is 10.5 Å². The molecule has 1 amide bonds. The van der Waals surface area contributed by atoms with E-state index < -0.39 is 6.10 Å². The monoisotopic (exact) mass is 244 g/mol. The zero-order valence-electron chi connectivity index (χ0n) is 11.0. The van der Waals surface area contributed by atoms with Gasteiger partial charge in [-0.25, -0.2) is 0 Å². The molecule has 0 aromatic rings. The average Bonchev–Trinajstić information content (AvgIpc) is 2.62. The van der Waals surface area contributed by atoms with Crippen molar-refractivity contribution in [3.8, 4) is 0 Å². The molecular formula is C12H24N2O3. The van der Waals surface area contributed by atoms with Crippen molar-refractivity contribution in [3.05, 3.63) is 0 Å². The molecular weight excluding hydrogens is 220 g/mol. The first-order valence-electron chi connectivity index (χ1n) is 6.15. The Bertz CT molecular complexity index is 263. The minimum absolute atomic E-state index is 0.223. The lowest BCUT2D eigenvalue weighted by atomic mass is 10.2. The molecule has 0 radical (unpaired) electrons. The van der Waals surface area contributed by atoms with Crippen molar-refractivity contribution in [1.82, 2.24) is 4.90 Å². The number of carbonyl (C=O) groups excluding carboxylic acids is 1. The maximum atomic E-state index is 11.2. The number of likely N-dealkylation sites (tertiary alicyclic amines) is 1. The summed E-state index contributed by atoms with van der Waals surface area (Å²) in [5.74, 6) is -0.300. The molecule has 17 heavy (non-hydrogen) atoms. The molecule has 0 bridgehead atoms. The molecule has 1 heterocycles. The molecule has 5 heteroatoms. The lowest BCUT2D eigenvalue weighted by Crippen LogP contribution is -2.45. The third-order valence-corrected chi connectivity index (χ3v) is 2.85. The maximum Gasteiger partial charge on any atom is 0.234 e. The number of carbonyl (C=O) groups is 1. The van der Waals surface area contributed by atoms with E-state index in [0.29, 0.717) is 6.54 Å². The summed E-state index contributed by atoms with van der Waals surface area (Å²) in [7, 11) is 0. The SMILES string of the molecule is CC(C)(C)OC[C@@H](O)CN1CCC[C@@H]1C(N)=O. The van der Waals surface area contributed by atoms with Crippen molar-refractivity contribution >= 4 is 5.91 Å². The number of rotatable bonds is 5. The third kappa shape index (κ3) is 5.02. The second kappa shape index (κ2) is 5.80. The zero-order valence-corrected chi connectivity index (χ0v) is 11.0. The number of β-amino-alcohol motifs (C(OH)–C–C–N with tert-alkyl or cyclic N) is 1. The quantitative estimate of drug-likeness (QED) is 0.720. The summed E-state index contributed by atoms with van der Waals surface area (Å²) in [5.41, 5.74) is 5.06. The summed E-state index contributed by atoms with van der Waals surface area (Å²) in [5, 5.41) is 9.85. The van der Waals surface area contributed by atoms with Crippen LogP contribution in [0, 0.1) is 0 Å². The molecule has 5 nitrogen and oxygen atoms in total. The van der Waals surface area contributed by atoms with Gasteiger partial charge in [0.15, 0.2) is 0 Å². The Kier molecular flexibility index (Phi) is 4.91. The third-order valence-electron chi connectivity index (χ3n) is 2.85. The fourth-order valence-corrected chi connectivity index (χ4v) is 2.04. The van der Waals surface area contributed by atoms with Gasteiger partial charge in [0.2, 0.25) is 5.91 Å². The second-order valence-electron chi connectivity index (χ2n) is 5.63. The zero-order chi connectivity index (χ0) is 13.1. The molecule has 1 aliphatic rings. The summed E-state index contributed by atoms with van der Waals surface area (Å²) in [6.45, 7) is 7.39. The van der Waals surface area contributed by atoms with Gasteiger partial charge in [0.1, 0.15) is 0 Å². The second-order valence-corrected chi connectivity index (χ2v) is 5.63. The number of nitrogens with zero attached hydrogens (tertiary/aromatic N) is 1. The summed E-state index contributed by atoms with van der Waals surface area (Å²) in [6, 6.07) is -0.223. The smallest absolute Gasteiger partial charge is 0.234 e. The van der Waals surface area contributed by atoms with E-state index in [9.17, 15) is 9.90 Å². The Balaban J connectivity index is 2.35. The highest BCUT2D eigenvalue weighted by Gasteiger charge is 2.30. The Morgan fingerprint density at radius 2 is 2.24 bits per heavy atom. The predicted molar refractivity (Wildman–Crippen MR) is 65.5 cm³/mol. The molecule has 1 rings (SSSR count). The number of nitrogens with two attached hydrogens (primary N) is 1. The van der Waals surface area contributed by atoms with Crippen LogP contribution in [0.3, 0.4) is 0 Å². The van der Waals surface area contributed by atoms with Gasteiger partial charge in [0.05, 0.1) is 24.4 Å². The molecule has 1 fully saturated rings. The Morgan fingerprint density at radius 1 is 1.59 bits per heavy atom. The minimum Gasteiger partial charge on any atom is -0.389 e. The van der Waals surface area contributed by atoms with Crippen molar-refractivity contribution < 1.29 is 14.6 Å². The standard InChI is InChI=1S/C12H24N2O3/c1-12(2,3)17-8-9(15)7-14-6-4-5-10(14)11(13)16/h9-10,15H,4-8H2,1-3H3,(H2,13,16)/t9-,10+/m0/s1. The first-order chi connectivity index (χ1) is 7.79. The van der Waals surface area contributed by atoms with Gasteiger partial charge in [-0.1, -0.05) is 0 Å². The lowest BCUT2D eigenvalue weighted by Gasteiger charge is -2.27. The van der Waals surface area contributed by atoms with Gasteiger partial charge in [-0.2, -0.15) is 0 Å². The molecule has 1 aliphatic heterocycles. The molecule has 1 saturated heterocycles. The van der Waals surface area contributed by atoms with Gasteiger partial charge < -0.3 is 15.6 Å². The van der Waals surface area contributed by atoms with Crippen LogP contribution >= 0.6 is 0 Å². The summed E-state index contributed by atoms with van der Waals surface area (Å²) >= 11 is 0. The Morgan fingerprint density at radius 3 is 2.76 bits per heavy atom. The van der Waals surface area contributed by atoms with E-state index in [1.807, 2.05) is 25.7 Å². The molecule has 0 spiro atoms. The van der Waals surface area contributed by atoms with E-state index >= 15 is 0 Å². The molecule has 100 valence electrons. The number of aliphatic hydroxyl groups is 1. The number of hydrogen-bond acceptors (Lipinski definition) is 4. The van der Waals surface area contributed by atoms with Crippen LogP contribution in [0.5, 0.6) is 0 Å². The summed E-state index contributed by atoms with van der Waals surface area (Å²) in [4.78, 5) is 13.1. The molecule has 0 aliphatic carbocycles. The van der Waals surface area contributed by atoms with Gasteiger partial charge >= 0.3 is 0 Å². The van der Waals surface area contributed by atoms with Crippen molar-refractivity contribution in [2.45, 2.75) is 51.4 Å². The Labute approximate surface area is 103 Å². The fraction of sp³-hybridized carbons (Fsp3) is 0.917. The molecule has 0 aromatic heterocycles. The van der Waals surface area contributed by atoms with Crippen LogP contribution in [0.25, 0.3) is 0 Å². The number of amides is 1. The van der Waals surface area contributed by atoms with Crippen LogP contribution in [0.15, 0.2) is 0 Å². The molecule has 0 saturated carbocycles. The molecule has 0 unspecified atom stereocenters. The van der Waals surface area contributed by atoms with Crippen molar-refractivity contribution in [2.24, 2.45) is 5.73 Å². The molecule has 3 N–H and O–H groups in total. The predicted octanol–water partition coefficient (Wildman–Crippen LogP) is 0.112. The number of hydrogen-bond donors (Lipinski definition) is 2. The maximum absolute atomic E-state index is 11.2. The number of primary amides is 1.